The van der Waals surface area contributed by atoms with Crippen LogP contribution in [0.15, 0.2) is 48.5 Å². The Bertz CT molecular complexity index is 760. The number of likely N-dealkylation sites (tertiary alicyclic amines) is 1. The fourth-order valence-corrected chi connectivity index (χ4v) is 3.23. The van der Waals surface area contributed by atoms with Crippen LogP contribution in [0.1, 0.15) is 23.2 Å². The van der Waals surface area contributed by atoms with Crippen LogP contribution in [0.25, 0.3) is 11.1 Å². The van der Waals surface area contributed by atoms with Gasteiger partial charge in [-0.3, -0.25) is 9.59 Å². The Morgan fingerprint density at radius 2 is 1.83 bits per heavy atom. The quantitative estimate of drug-likeness (QED) is 0.918. The van der Waals surface area contributed by atoms with E-state index in [0.29, 0.717) is 30.0 Å². The van der Waals surface area contributed by atoms with Gasteiger partial charge in [0.2, 0.25) is 0 Å². The van der Waals surface area contributed by atoms with Gasteiger partial charge in [0.05, 0.1) is 16.5 Å². The van der Waals surface area contributed by atoms with Crippen molar-refractivity contribution in [3.05, 3.63) is 59.1 Å². The highest BCUT2D eigenvalue weighted by Gasteiger charge is 2.29. The van der Waals surface area contributed by atoms with Crippen molar-refractivity contribution in [2.75, 3.05) is 13.1 Å². The van der Waals surface area contributed by atoms with E-state index in [9.17, 15) is 14.7 Å². The zero-order valence-corrected chi connectivity index (χ0v) is 13.9. The second kappa shape index (κ2) is 7.05. The van der Waals surface area contributed by atoms with E-state index in [1.807, 2.05) is 36.4 Å². The molecule has 1 N–H and O–H groups in total. The molecule has 1 aliphatic heterocycles. The number of nitrogens with zero attached hydrogens (tertiary/aromatic N) is 1. The summed E-state index contributed by atoms with van der Waals surface area (Å²) >= 11 is 6.23. The van der Waals surface area contributed by atoms with Crippen molar-refractivity contribution in [3.63, 3.8) is 0 Å². The summed E-state index contributed by atoms with van der Waals surface area (Å²) < 4.78 is 0. The summed E-state index contributed by atoms with van der Waals surface area (Å²) in [7, 11) is 0. The molecule has 0 spiro atoms. The van der Waals surface area contributed by atoms with Crippen LogP contribution in [-0.2, 0) is 4.79 Å². The zero-order chi connectivity index (χ0) is 17.1. The molecule has 5 heteroatoms. The summed E-state index contributed by atoms with van der Waals surface area (Å²) in [5.74, 6) is -1.56. The van der Waals surface area contributed by atoms with Crippen LogP contribution < -0.4 is 0 Å². The lowest BCUT2D eigenvalue weighted by Crippen LogP contribution is -2.42. The highest BCUT2D eigenvalue weighted by Crippen LogP contribution is 2.27. The Kier molecular flexibility index (Phi) is 4.86. The molecule has 1 fully saturated rings. The minimum atomic E-state index is -0.850. The first-order valence-electron chi connectivity index (χ1n) is 7.93. The van der Waals surface area contributed by atoms with Gasteiger partial charge in [0.25, 0.3) is 5.91 Å². The minimum absolute atomic E-state index is 0.205. The third-order valence-corrected chi connectivity index (χ3v) is 4.69. The van der Waals surface area contributed by atoms with Crippen LogP contribution in [0.2, 0.25) is 5.02 Å². The SMILES string of the molecule is O=C(O)C1CCCN(C(=O)c2cc(-c3ccccc3)ccc2Cl)C1. The second-order valence-electron chi connectivity index (χ2n) is 5.99. The van der Waals surface area contributed by atoms with Crippen molar-refractivity contribution in [1.29, 1.82) is 0 Å². The number of carboxylic acids is 1. The van der Waals surface area contributed by atoms with Gasteiger partial charge in [-0.25, -0.2) is 0 Å². The predicted octanol–water partition coefficient (Wildman–Crippen LogP) is 3.94. The molecular weight excluding hydrogens is 326 g/mol. The molecule has 24 heavy (non-hydrogen) atoms. The van der Waals surface area contributed by atoms with Crippen LogP contribution in [0.3, 0.4) is 0 Å². The minimum Gasteiger partial charge on any atom is -0.481 e. The summed E-state index contributed by atoms with van der Waals surface area (Å²) in [6.07, 6.45) is 1.30. The topological polar surface area (TPSA) is 57.6 Å². The van der Waals surface area contributed by atoms with Crippen LogP contribution >= 0.6 is 11.6 Å². The number of hydrogen-bond donors (Lipinski definition) is 1. The number of carboxylic acid groups (broad SMARTS) is 1. The number of benzene rings is 2. The number of halogens is 1. The third kappa shape index (κ3) is 3.44. The van der Waals surface area contributed by atoms with Gasteiger partial charge in [-0.05, 0) is 36.1 Å². The first-order chi connectivity index (χ1) is 11.6. The number of carbonyl (C=O) groups excluding carboxylic acids is 1. The lowest BCUT2D eigenvalue weighted by atomic mass is 9.97. The highest BCUT2D eigenvalue weighted by molar-refractivity contribution is 6.34. The summed E-state index contributed by atoms with van der Waals surface area (Å²) in [5, 5.41) is 9.58. The van der Waals surface area contributed by atoms with E-state index in [4.69, 9.17) is 11.6 Å². The van der Waals surface area contributed by atoms with E-state index >= 15 is 0 Å². The maximum Gasteiger partial charge on any atom is 0.308 e. The van der Waals surface area contributed by atoms with Gasteiger partial charge < -0.3 is 10.0 Å². The molecule has 0 bridgehead atoms. The summed E-state index contributed by atoms with van der Waals surface area (Å²) in [5.41, 5.74) is 2.34. The number of rotatable bonds is 3. The van der Waals surface area contributed by atoms with Crippen LogP contribution in [0.4, 0.5) is 0 Å². The number of carbonyl (C=O) groups is 2. The first-order valence-corrected chi connectivity index (χ1v) is 8.31. The molecule has 1 amide bonds. The van der Waals surface area contributed by atoms with Crippen molar-refractivity contribution >= 4 is 23.5 Å². The van der Waals surface area contributed by atoms with Gasteiger partial charge in [-0.2, -0.15) is 0 Å². The van der Waals surface area contributed by atoms with Gasteiger partial charge >= 0.3 is 5.97 Å². The smallest absolute Gasteiger partial charge is 0.308 e. The lowest BCUT2D eigenvalue weighted by Gasteiger charge is -2.31. The molecule has 2 aromatic rings. The van der Waals surface area contributed by atoms with Gasteiger partial charge in [0.15, 0.2) is 0 Å². The fraction of sp³-hybridized carbons (Fsp3) is 0.263. The Labute approximate surface area is 145 Å². The van der Waals surface area contributed by atoms with Gasteiger partial charge in [-0.1, -0.05) is 48.0 Å². The molecule has 1 saturated heterocycles. The molecule has 0 radical (unpaired) electrons. The molecule has 0 saturated carbocycles. The average molecular weight is 344 g/mol. The van der Waals surface area contributed by atoms with Crippen LogP contribution in [-0.4, -0.2) is 35.0 Å². The molecule has 2 aromatic carbocycles. The van der Waals surface area contributed by atoms with E-state index in [1.165, 1.54) is 0 Å². The van der Waals surface area contributed by atoms with E-state index < -0.39 is 11.9 Å². The summed E-state index contributed by atoms with van der Waals surface area (Å²) in [6, 6.07) is 15.1. The molecule has 124 valence electrons. The molecule has 0 aliphatic carbocycles. The molecular formula is C19H18ClNO3. The van der Waals surface area contributed by atoms with E-state index in [0.717, 1.165) is 11.1 Å². The predicted molar refractivity (Wildman–Crippen MR) is 93.2 cm³/mol. The van der Waals surface area contributed by atoms with Gasteiger partial charge in [-0.15, -0.1) is 0 Å². The molecule has 1 heterocycles. The van der Waals surface area contributed by atoms with Crippen molar-refractivity contribution in [1.82, 2.24) is 4.90 Å². The van der Waals surface area contributed by atoms with E-state index in [1.54, 1.807) is 17.0 Å². The van der Waals surface area contributed by atoms with Crippen molar-refractivity contribution in [2.24, 2.45) is 5.92 Å². The van der Waals surface area contributed by atoms with Gasteiger partial charge in [0.1, 0.15) is 0 Å². The zero-order valence-electron chi connectivity index (χ0n) is 13.1. The van der Waals surface area contributed by atoms with Crippen molar-refractivity contribution in [2.45, 2.75) is 12.8 Å². The average Bonchev–Trinajstić information content (AvgIpc) is 2.62. The molecule has 4 nitrogen and oxygen atoms in total. The normalized spacial score (nSPS) is 17.5. The van der Waals surface area contributed by atoms with Crippen LogP contribution in [0, 0.1) is 5.92 Å². The molecule has 1 atom stereocenters. The Morgan fingerprint density at radius 1 is 1.08 bits per heavy atom. The summed E-state index contributed by atoms with van der Waals surface area (Å²) in [4.78, 5) is 25.6. The second-order valence-corrected chi connectivity index (χ2v) is 6.40. The number of hydrogen-bond acceptors (Lipinski definition) is 2. The Morgan fingerprint density at radius 3 is 2.54 bits per heavy atom. The van der Waals surface area contributed by atoms with E-state index in [2.05, 4.69) is 0 Å². The monoisotopic (exact) mass is 343 g/mol. The fourth-order valence-electron chi connectivity index (χ4n) is 3.03. The maximum absolute atomic E-state index is 12.8. The van der Waals surface area contributed by atoms with Crippen molar-refractivity contribution < 1.29 is 14.7 Å². The standard InChI is InChI=1S/C19H18ClNO3/c20-17-9-8-14(13-5-2-1-3-6-13)11-16(17)18(22)21-10-4-7-15(12-21)19(23)24/h1-3,5-6,8-9,11,15H,4,7,10,12H2,(H,23,24). The largest absolute Gasteiger partial charge is 0.481 e. The number of aliphatic carboxylic acids is 1. The summed E-state index contributed by atoms with van der Waals surface area (Å²) in [6.45, 7) is 0.800. The van der Waals surface area contributed by atoms with Crippen molar-refractivity contribution in [3.8, 4) is 11.1 Å². The Balaban J connectivity index is 1.88. The molecule has 1 unspecified atom stereocenters. The first kappa shape index (κ1) is 16.5. The number of piperidine rings is 1. The maximum atomic E-state index is 12.8. The third-order valence-electron chi connectivity index (χ3n) is 4.36. The molecule has 3 rings (SSSR count). The highest BCUT2D eigenvalue weighted by atomic mass is 35.5. The van der Waals surface area contributed by atoms with Gasteiger partial charge in [0, 0.05) is 13.1 Å². The van der Waals surface area contributed by atoms with Crippen LogP contribution in [0.5, 0.6) is 0 Å². The molecule has 1 aliphatic rings. The lowest BCUT2D eigenvalue weighted by molar-refractivity contribution is -0.143. The molecule has 0 aromatic heterocycles. The Hall–Kier alpha value is -2.33. The van der Waals surface area contributed by atoms with E-state index in [-0.39, 0.29) is 12.5 Å². The number of amides is 1.